The summed E-state index contributed by atoms with van der Waals surface area (Å²) in [5.74, 6) is 0. The van der Waals surface area contributed by atoms with Crippen molar-refractivity contribution in [2.45, 2.75) is 5.41 Å². The molecule has 0 amide bonds. The van der Waals surface area contributed by atoms with Crippen molar-refractivity contribution in [2.24, 2.45) is 0 Å². The van der Waals surface area contributed by atoms with Gasteiger partial charge in [0, 0.05) is 50.2 Å². The first-order valence-corrected chi connectivity index (χ1v) is 23.5. The maximum atomic E-state index is 2.51. The Kier molecular flexibility index (Phi) is 8.50. The Morgan fingerprint density at radius 3 is 1.57 bits per heavy atom. The molecule has 318 valence electrons. The number of para-hydroxylation sites is 4. The standard InChI is InChI=1S/C65H43N3/c1-4-22-45(23-5-1)66(49-38-40-54-53-31-14-17-35-61(53)68(63(54)43-49)47-26-8-3-9-27-47)48-39-41-59-56(42-48)52-30-13-16-34-58(52)65(59)57-33-15-12-29-51(57)55-32-19-37-62(64(55)65)67(46-24-6-2-7-25-46)60-36-18-21-44-20-10-11-28-50(44)60/h1-43H. The Morgan fingerprint density at radius 1 is 0.294 bits per heavy atom. The van der Waals surface area contributed by atoms with Crippen molar-refractivity contribution in [1.82, 2.24) is 4.57 Å². The summed E-state index contributed by atoms with van der Waals surface area (Å²) in [6.45, 7) is 0. The minimum atomic E-state index is -0.600. The van der Waals surface area contributed by atoms with E-state index in [4.69, 9.17) is 0 Å². The molecular formula is C65H43N3. The van der Waals surface area contributed by atoms with E-state index in [9.17, 15) is 0 Å². The smallest absolute Gasteiger partial charge is 0.0746 e. The topological polar surface area (TPSA) is 11.4 Å². The molecule has 1 aromatic heterocycles. The van der Waals surface area contributed by atoms with E-state index in [-0.39, 0.29) is 0 Å². The van der Waals surface area contributed by atoms with E-state index in [1.54, 1.807) is 0 Å². The maximum absolute atomic E-state index is 2.51. The summed E-state index contributed by atoms with van der Waals surface area (Å²) in [5.41, 5.74) is 19.9. The van der Waals surface area contributed by atoms with Gasteiger partial charge in [0.1, 0.15) is 0 Å². The van der Waals surface area contributed by atoms with Crippen molar-refractivity contribution in [3.63, 3.8) is 0 Å². The summed E-state index contributed by atoms with van der Waals surface area (Å²) in [6, 6.07) is 96.1. The summed E-state index contributed by atoms with van der Waals surface area (Å²) in [4.78, 5) is 4.94. The number of aromatic nitrogens is 1. The first kappa shape index (κ1) is 38.4. The number of rotatable bonds is 7. The average Bonchev–Trinajstić information content (AvgIpc) is 4.01. The number of hydrogen-bond donors (Lipinski definition) is 0. The van der Waals surface area contributed by atoms with Crippen LogP contribution in [0.3, 0.4) is 0 Å². The summed E-state index contributed by atoms with van der Waals surface area (Å²) in [5, 5.41) is 4.89. The second kappa shape index (κ2) is 15.1. The van der Waals surface area contributed by atoms with Crippen LogP contribution in [0.15, 0.2) is 261 Å². The van der Waals surface area contributed by atoms with Gasteiger partial charge in [-0.15, -0.1) is 0 Å². The van der Waals surface area contributed by atoms with Crippen LogP contribution in [0.5, 0.6) is 0 Å². The van der Waals surface area contributed by atoms with Gasteiger partial charge in [0.25, 0.3) is 0 Å². The van der Waals surface area contributed by atoms with Crippen molar-refractivity contribution >= 4 is 66.7 Å². The van der Waals surface area contributed by atoms with Crippen molar-refractivity contribution in [2.75, 3.05) is 9.80 Å². The monoisotopic (exact) mass is 865 g/mol. The lowest BCUT2D eigenvalue weighted by Gasteiger charge is -2.36. The first-order chi connectivity index (χ1) is 33.8. The van der Waals surface area contributed by atoms with E-state index in [1.807, 2.05) is 0 Å². The molecule has 11 aromatic carbocycles. The first-order valence-electron chi connectivity index (χ1n) is 23.5. The Morgan fingerprint density at radius 2 is 0.809 bits per heavy atom. The van der Waals surface area contributed by atoms with Crippen LogP contribution >= 0.6 is 0 Å². The number of hydrogen-bond acceptors (Lipinski definition) is 2. The summed E-state index contributed by atoms with van der Waals surface area (Å²) in [6.07, 6.45) is 0. The molecule has 2 aliphatic rings. The average molecular weight is 866 g/mol. The van der Waals surface area contributed by atoms with Crippen molar-refractivity contribution < 1.29 is 0 Å². The summed E-state index contributed by atoms with van der Waals surface area (Å²) >= 11 is 0. The van der Waals surface area contributed by atoms with Gasteiger partial charge in [0.15, 0.2) is 0 Å². The Hall–Kier alpha value is -8.92. The van der Waals surface area contributed by atoms with Crippen LogP contribution in [0.4, 0.5) is 34.1 Å². The van der Waals surface area contributed by atoms with Gasteiger partial charge in [-0.3, -0.25) is 0 Å². The molecular weight excluding hydrogens is 823 g/mol. The third kappa shape index (κ3) is 5.47. The second-order valence-corrected chi connectivity index (χ2v) is 18.0. The highest BCUT2D eigenvalue weighted by molar-refractivity contribution is 6.11. The van der Waals surface area contributed by atoms with Crippen LogP contribution < -0.4 is 9.80 Å². The number of fused-ring (bicyclic) bond motifs is 14. The van der Waals surface area contributed by atoms with Gasteiger partial charge in [-0.2, -0.15) is 0 Å². The minimum Gasteiger partial charge on any atom is -0.310 e. The minimum absolute atomic E-state index is 0.600. The molecule has 1 spiro atoms. The van der Waals surface area contributed by atoms with Gasteiger partial charge in [0.2, 0.25) is 0 Å². The largest absolute Gasteiger partial charge is 0.310 e. The Balaban J connectivity index is 1.02. The SMILES string of the molecule is c1ccc(N(c2ccc3c(c2)-c2ccccc2C32c3ccccc3-c3cccc(N(c4ccccc4)c4cccc5ccccc45)c32)c2ccc3c4ccccc4n(-c4ccccc4)c3c2)cc1. The van der Waals surface area contributed by atoms with Crippen LogP contribution in [-0.4, -0.2) is 4.57 Å². The van der Waals surface area contributed by atoms with Crippen molar-refractivity contribution in [1.29, 1.82) is 0 Å². The Labute approximate surface area is 395 Å². The van der Waals surface area contributed by atoms with Gasteiger partial charge in [-0.05, 0) is 123 Å². The fraction of sp³-hybridized carbons (Fsp3) is 0.0154. The lowest BCUT2D eigenvalue weighted by atomic mass is 9.70. The quantitative estimate of drug-likeness (QED) is 0.158. The van der Waals surface area contributed by atoms with Gasteiger partial charge >= 0.3 is 0 Å². The van der Waals surface area contributed by atoms with E-state index in [0.717, 1.165) is 34.1 Å². The fourth-order valence-electron chi connectivity index (χ4n) is 11.9. The van der Waals surface area contributed by atoms with Gasteiger partial charge in [-0.1, -0.05) is 182 Å². The van der Waals surface area contributed by atoms with Crippen LogP contribution in [0.2, 0.25) is 0 Å². The third-order valence-corrected chi connectivity index (χ3v) is 14.5. The maximum Gasteiger partial charge on any atom is 0.0746 e. The van der Waals surface area contributed by atoms with E-state index >= 15 is 0 Å². The highest BCUT2D eigenvalue weighted by atomic mass is 15.2. The molecule has 0 bridgehead atoms. The lowest BCUT2D eigenvalue weighted by molar-refractivity contribution is 0.793. The van der Waals surface area contributed by atoms with Crippen LogP contribution in [-0.2, 0) is 5.41 Å². The summed E-state index contributed by atoms with van der Waals surface area (Å²) < 4.78 is 2.41. The van der Waals surface area contributed by atoms with Gasteiger partial charge < -0.3 is 14.4 Å². The zero-order valence-corrected chi connectivity index (χ0v) is 37.2. The highest BCUT2D eigenvalue weighted by Gasteiger charge is 2.53. The van der Waals surface area contributed by atoms with Crippen LogP contribution in [0.25, 0.3) is 60.5 Å². The normalized spacial score (nSPS) is 14.2. The van der Waals surface area contributed by atoms with E-state index in [1.165, 1.54) is 82.8 Å². The zero-order chi connectivity index (χ0) is 44.8. The predicted molar refractivity (Wildman–Crippen MR) is 284 cm³/mol. The molecule has 12 aromatic rings. The molecule has 0 aliphatic heterocycles. The molecule has 0 fully saturated rings. The summed E-state index contributed by atoms with van der Waals surface area (Å²) in [7, 11) is 0. The van der Waals surface area contributed by atoms with Crippen LogP contribution in [0, 0.1) is 0 Å². The van der Waals surface area contributed by atoms with Gasteiger partial charge in [-0.25, -0.2) is 0 Å². The Bertz CT molecular complexity index is 3920. The molecule has 3 heteroatoms. The molecule has 2 aliphatic carbocycles. The number of nitrogens with zero attached hydrogens (tertiary/aromatic N) is 3. The number of benzene rings is 11. The zero-order valence-electron chi connectivity index (χ0n) is 37.2. The van der Waals surface area contributed by atoms with Crippen molar-refractivity contribution in [3.05, 3.63) is 283 Å². The number of anilines is 6. The molecule has 1 unspecified atom stereocenters. The molecule has 68 heavy (non-hydrogen) atoms. The highest BCUT2D eigenvalue weighted by Crippen LogP contribution is 2.66. The second-order valence-electron chi connectivity index (χ2n) is 18.0. The van der Waals surface area contributed by atoms with Crippen LogP contribution in [0.1, 0.15) is 22.3 Å². The van der Waals surface area contributed by atoms with E-state index < -0.39 is 5.41 Å². The molecule has 0 saturated carbocycles. The molecule has 14 rings (SSSR count). The molecule has 0 saturated heterocycles. The van der Waals surface area contributed by atoms with E-state index in [2.05, 4.69) is 275 Å². The van der Waals surface area contributed by atoms with Crippen molar-refractivity contribution in [3.8, 4) is 27.9 Å². The fourth-order valence-corrected chi connectivity index (χ4v) is 11.9. The van der Waals surface area contributed by atoms with Gasteiger partial charge in [0.05, 0.1) is 27.8 Å². The molecule has 0 N–H and O–H groups in total. The molecule has 1 atom stereocenters. The van der Waals surface area contributed by atoms with E-state index in [0.29, 0.717) is 0 Å². The lowest BCUT2D eigenvalue weighted by Crippen LogP contribution is -2.28. The molecule has 1 heterocycles. The predicted octanol–water partition coefficient (Wildman–Crippen LogP) is 17.2. The molecule has 0 radical (unpaired) electrons. The molecule has 3 nitrogen and oxygen atoms in total. The third-order valence-electron chi connectivity index (χ3n) is 14.5.